The van der Waals surface area contributed by atoms with Crippen LogP contribution in [0.5, 0.6) is 0 Å². The predicted octanol–water partition coefficient (Wildman–Crippen LogP) is 3.74. The van der Waals surface area contributed by atoms with Gasteiger partial charge in [0.2, 0.25) is 5.91 Å². The van der Waals surface area contributed by atoms with Crippen molar-refractivity contribution >= 4 is 18.3 Å². The highest BCUT2D eigenvalue weighted by atomic mass is 35.5. The molecule has 2 aromatic carbocycles. The van der Waals surface area contributed by atoms with Gasteiger partial charge in [0.1, 0.15) is 0 Å². The summed E-state index contributed by atoms with van der Waals surface area (Å²) in [5, 5.41) is 3.11. The zero-order valence-corrected chi connectivity index (χ0v) is 14.6. The van der Waals surface area contributed by atoms with Crippen LogP contribution in [0.1, 0.15) is 42.9 Å². The maximum atomic E-state index is 12.3. The summed E-state index contributed by atoms with van der Waals surface area (Å²) in [6, 6.07) is 20.1. The van der Waals surface area contributed by atoms with E-state index in [9.17, 15) is 4.79 Å². The van der Waals surface area contributed by atoms with Crippen molar-refractivity contribution in [3.05, 3.63) is 71.8 Å². The molecule has 0 aromatic heterocycles. The summed E-state index contributed by atoms with van der Waals surface area (Å²) in [4.78, 5) is 12.3. The summed E-state index contributed by atoms with van der Waals surface area (Å²) >= 11 is 0. The molecule has 3 N–H and O–H groups in total. The van der Waals surface area contributed by atoms with Crippen molar-refractivity contribution < 1.29 is 4.79 Å². The molecule has 1 fully saturated rings. The van der Waals surface area contributed by atoms with Crippen LogP contribution in [0.2, 0.25) is 0 Å². The molecule has 0 aliphatic heterocycles. The Morgan fingerprint density at radius 2 is 1.62 bits per heavy atom. The molecule has 24 heavy (non-hydrogen) atoms. The number of carbonyl (C=O) groups is 1. The van der Waals surface area contributed by atoms with Gasteiger partial charge in [-0.05, 0) is 24.0 Å². The number of benzene rings is 2. The maximum Gasteiger partial charge on any atom is 0.221 e. The van der Waals surface area contributed by atoms with Gasteiger partial charge in [0, 0.05) is 24.4 Å². The fourth-order valence-corrected chi connectivity index (χ4v) is 3.32. The lowest BCUT2D eigenvalue weighted by Gasteiger charge is -2.42. The summed E-state index contributed by atoms with van der Waals surface area (Å²) in [5.74, 6) is 0.0311. The predicted molar refractivity (Wildman–Crippen MR) is 100 cm³/mol. The van der Waals surface area contributed by atoms with E-state index in [2.05, 4.69) is 29.6 Å². The Labute approximate surface area is 150 Å². The molecule has 128 valence electrons. The molecule has 0 saturated heterocycles. The summed E-state index contributed by atoms with van der Waals surface area (Å²) in [5.41, 5.74) is 8.59. The normalized spacial score (nSPS) is 16.4. The Hall–Kier alpha value is -1.84. The molecule has 1 unspecified atom stereocenters. The van der Waals surface area contributed by atoms with Gasteiger partial charge in [0.25, 0.3) is 0 Å². The first kappa shape index (κ1) is 18.5. The SMILES string of the molecule is Cl.NC(CC(=O)NCC1(c2ccccc2)CCC1)c1ccccc1. The van der Waals surface area contributed by atoms with Crippen LogP contribution < -0.4 is 11.1 Å². The third kappa shape index (κ3) is 4.16. The fourth-order valence-electron chi connectivity index (χ4n) is 3.32. The minimum Gasteiger partial charge on any atom is -0.355 e. The van der Waals surface area contributed by atoms with E-state index in [1.807, 2.05) is 36.4 Å². The number of nitrogens with one attached hydrogen (secondary N) is 1. The van der Waals surface area contributed by atoms with Crippen molar-refractivity contribution in [1.82, 2.24) is 5.32 Å². The zero-order chi connectivity index (χ0) is 16.1. The minimum absolute atomic E-state index is 0. The molecular formula is C20H25ClN2O. The third-order valence-corrected chi connectivity index (χ3v) is 4.95. The first-order valence-electron chi connectivity index (χ1n) is 8.32. The van der Waals surface area contributed by atoms with Gasteiger partial charge in [-0.1, -0.05) is 67.1 Å². The van der Waals surface area contributed by atoms with Gasteiger partial charge in [0.15, 0.2) is 0 Å². The monoisotopic (exact) mass is 344 g/mol. The van der Waals surface area contributed by atoms with Crippen molar-refractivity contribution in [2.45, 2.75) is 37.1 Å². The number of hydrogen-bond donors (Lipinski definition) is 2. The van der Waals surface area contributed by atoms with Gasteiger partial charge in [-0.2, -0.15) is 0 Å². The molecule has 0 spiro atoms. The molecular weight excluding hydrogens is 320 g/mol. The average Bonchev–Trinajstić information content (AvgIpc) is 2.55. The fraction of sp³-hybridized carbons (Fsp3) is 0.350. The van der Waals surface area contributed by atoms with Crippen LogP contribution in [0.4, 0.5) is 0 Å². The summed E-state index contributed by atoms with van der Waals surface area (Å²) in [6.45, 7) is 0.706. The Morgan fingerprint density at radius 1 is 1.04 bits per heavy atom. The Balaban J connectivity index is 0.00000208. The summed E-state index contributed by atoms with van der Waals surface area (Å²) in [7, 11) is 0. The number of halogens is 1. The van der Waals surface area contributed by atoms with E-state index in [1.165, 1.54) is 12.0 Å². The van der Waals surface area contributed by atoms with Gasteiger partial charge in [-0.15, -0.1) is 12.4 Å². The second-order valence-electron chi connectivity index (χ2n) is 6.50. The average molecular weight is 345 g/mol. The van der Waals surface area contributed by atoms with Gasteiger partial charge < -0.3 is 11.1 Å². The third-order valence-electron chi connectivity index (χ3n) is 4.95. The van der Waals surface area contributed by atoms with Gasteiger partial charge in [0.05, 0.1) is 0 Å². The van der Waals surface area contributed by atoms with Crippen molar-refractivity contribution in [3.8, 4) is 0 Å². The largest absolute Gasteiger partial charge is 0.355 e. The second-order valence-corrected chi connectivity index (χ2v) is 6.50. The van der Waals surface area contributed by atoms with Gasteiger partial charge in [-0.25, -0.2) is 0 Å². The Kier molecular flexibility index (Phi) is 6.41. The smallest absolute Gasteiger partial charge is 0.221 e. The molecule has 4 heteroatoms. The second kappa shape index (κ2) is 8.32. The molecule has 0 bridgehead atoms. The van der Waals surface area contributed by atoms with Crippen LogP contribution in [-0.4, -0.2) is 12.5 Å². The maximum absolute atomic E-state index is 12.3. The molecule has 1 saturated carbocycles. The number of amides is 1. The van der Waals surface area contributed by atoms with Crippen LogP contribution in [0.25, 0.3) is 0 Å². The highest BCUT2D eigenvalue weighted by Gasteiger charge is 2.38. The zero-order valence-electron chi connectivity index (χ0n) is 13.8. The molecule has 1 amide bonds. The minimum atomic E-state index is -0.245. The van der Waals surface area contributed by atoms with Gasteiger partial charge >= 0.3 is 0 Å². The first-order valence-corrected chi connectivity index (χ1v) is 8.32. The molecule has 1 aliphatic carbocycles. The quantitative estimate of drug-likeness (QED) is 0.838. The Morgan fingerprint density at radius 3 is 2.17 bits per heavy atom. The highest BCUT2D eigenvalue weighted by molar-refractivity contribution is 5.85. The van der Waals surface area contributed by atoms with E-state index in [1.54, 1.807) is 0 Å². The lowest BCUT2D eigenvalue weighted by atomic mass is 9.64. The number of nitrogens with two attached hydrogens (primary N) is 1. The first-order chi connectivity index (χ1) is 11.2. The molecule has 0 heterocycles. The van der Waals surface area contributed by atoms with E-state index in [4.69, 9.17) is 5.73 Å². The molecule has 1 atom stereocenters. The Bertz CT molecular complexity index is 641. The van der Waals surface area contributed by atoms with Crippen molar-refractivity contribution in [1.29, 1.82) is 0 Å². The van der Waals surface area contributed by atoms with Crippen molar-refractivity contribution in [2.75, 3.05) is 6.54 Å². The highest BCUT2D eigenvalue weighted by Crippen LogP contribution is 2.43. The van der Waals surface area contributed by atoms with E-state index >= 15 is 0 Å². The van der Waals surface area contributed by atoms with Crippen molar-refractivity contribution in [2.24, 2.45) is 5.73 Å². The van der Waals surface area contributed by atoms with Crippen LogP contribution >= 0.6 is 12.4 Å². The molecule has 3 nitrogen and oxygen atoms in total. The van der Waals surface area contributed by atoms with Crippen LogP contribution in [0.15, 0.2) is 60.7 Å². The molecule has 1 aliphatic rings. The number of rotatable bonds is 6. The van der Waals surface area contributed by atoms with E-state index < -0.39 is 0 Å². The standard InChI is InChI=1S/C20H24N2O.ClH/c21-18(16-8-3-1-4-9-16)14-19(23)22-15-20(12-7-13-20)17-10-5-2-6-11-17;/h1-6,8-11,18H,7,12-15,21H2,(H,22,23);1H. The molecule has 3 rings (SSSR count). The topological polar surface area (TPSA) is 55.1 Å². The van der Waals surface area contributed by atoms with Crippen LogP contribution in [0.3, 0.4) is 0 Å². The lowest BCUT2D eigenvalue weighted by Crippen LogP contribution is -2.46. The molecule has 0 radical (unpaired) electrons. The van der Waals surface area contributed by atoms with E-state index in [0.717, 1.165) is 18.4 Å². The number of carbonyl (C=O) groups excluding carboxylic acids is 1. The molecule has 2 aromatic rings. The van der Waals surface area contributed by atoms with E-state index in [0.29, 0.717) is 13.0 Å². The number of hydrogen-bond acceptors (Lipinski definition) is 2. The van der Waals surface area contributed by atoms with E-state index in [-0.39, 0.29) is 29.8 Å². The lowest BCUT2D eigenvalue weighted by molar-refractivity contribution is -0.121. The van der Waals surface area contributed by atoms with Crippen LogP contribution in [-0.2, 0) is 10.2 Å². The summed E-state index contributed by atoms with van der Waals surface area (Å²) < 4.78 is 0. The van der Waals surface area contributed by atoms with Crippen LogP contribution in [0, 0.1) is 0 Å². The summed E-state index contributed by atoms with van der Waals surface area (Å²) in [6.07, 6.45) is 3.84. The van der Waals surface area contributed by atoms with Crippen molar-refractivity contribution in [3.63, 3.8) is 0 Å². The van der Waals surface area contributed by atoms with Gasteiger partial charge in [-0.3, -0.25) is 4.79 Å².